The van der Waals surface area contributed by atoms with Crippen molar-refractivity contribution in [3.05, 3.63) is 0 Å². The van der Waals surface area contributed by atoms with Gasteiger partial charge in [0, 0.05) is 13.5 Å². The van der Waals surface area contributed by atoms with Gasteiger partial charge in [-0.3, -0.25) is 4.79 Å². The minimum atomic E-state index is -1.27. The van der Waals surface area contributed by atoms with E-state index in [0.29, 0.717) is 6.61 Å². The summed E-state index contributed by atoms with van der Waals surface area (Å²) >= 11 is 0. The molecule has 7 nitrogen and oxygen atoms in total. The molecule has 4 N–H and O–H groups in total. The van der Waals surface area contributed by atoms with E-state index in [-0.39, 0.29) is 5.91 Å². The zero-order valence-electron chi connectivity index (χ0n) is 16.2. The number of carbonyl (C=O) groups excluding carboxylic acids is 1. The standard InChI is InChI=1S/C19H37NO6/c1-3-4-5-6-7-8-9-10-11-12-25-19-16(20-14(2)22)18(24)17(23)15(13-21)26-19/h15-19,21,23-24H,3-13H2,1-2H3,(H,20,22)/t15-,16+,17+,18-,19-/m0/s1. The summed E-state index contributed by atoms with van der Waals surface area (Å²) in [7, 11) is 0. The van der Waals surface area contributed by atoms with Gasteiger partial charge in [0.25, 0.3) is 0 Å². The average Bonchev–Trinajstić information content (AvgIpc) is 2.62. The Morgan fingerprint density at radius 1 is 1.00 bits per heavy atom. The predicted octanol–water partition coefficient (Wildman–Crippen LogP) is 1.48. The average molecular weight is 376 g/mol. The second-order valence-electron chi connectivity index (χ2n) is 7.13. The Balaban J connectivity index is 2.28. The highest BCUT2D eigenvalue weighted by Gasteiger charge is 2.45. The molecule has 1 aliphatic heterocycles. The maximum atomic E-state index is 11.3. The molecule has 0 unspecified atom stereocenters. The van der Waals surface area contributed by atoms with E-state index in [1.54, 1.807) is 0 Å². The van der Waals surface area contributed by atoms with Crippen molar-refractivity contribution in [3.8, 4) is 0 Å². The molecule has 154 valence electrons. The van der Waals surface area contributed by atoms with Crippen LogP contribution in [0.15, 0.2) is 0 Å². The number of unbranched alkanes of at least 4 members (excludes halogenated alkanes) is 8. The fourth-order valence-corrected chi connectivity index (χ4v) is 3.23. The van der Waals surface area contributed by atoms with Crippen molar-refractivity contribution in [1.82, 2.24) is 5.32 Å². The van der Waals surface area contributed by atoms with E-state index in [9.17, 15) is 20.1 Å². The summed E-state index contributed by atoms with van der Waals surface area (Å²) in [6.07, 6.45) is 6.47. The molecule has 5 atom stereocenters. The molecule has 0 aromatic carbocycles. The lowest BCUT2D eigenvalue weighted by atomic mass is 9.97. The van der Waals surface area contributed by atoms with Gasteiger partial charge in [0.15, 0.2) is 6.29 Å². The molecule has 26 heavy (non-hydrogen) atoms. The summed E-state index contributed by atoms with van der Waals surface area (Å²) in [6, 6.07) is -0.858. The lowest BCUT2D eigenvalue weighted by Gasteiger charge is -2.42. The van der Waals surface area contributed by atoms with Crippen molar-refractivity contribution in [2.45, 2.75) is 102 Å². The van der Waals surface area contributed by atoms with Gasteiger partial charge < -0.3 is 30.1 Å². The Morgan fingerprint density at radius 3 is 2.12 bits per heavy atom. The number of rotatable bonds is 13. The maximum Gasteiger partial charge on any atom is 0.217 e. The van der Waals surface area contributed by atoms with Gasteiger partial charge in [-0.05, 0) is 6.42 Å². The summed E-state index contributed by atoms with van der Waals surface area (Å²) in [6.45, 7) is 3.56. The number of hydrogen-bond donors (Lipinski definition) is 4. The fourth-order valence-electron chi connectivity index (χ4n) is 3.23. The Bertz CT molecular complexity index is 381. The van der Waals surface area contributed by atoms with Gasteiger partial charge in [-0.1, -0.05) is 58.3 Å². The van der Waals surface area contributed by atoms with E-state index in [2.05, 4.69) is 12.2 Å². The molecule has 1 heterocycles. The Kier molecular flexibility index (Phi) is 12.0. The molecule has 0 saturated carbocycles. The first-order valence-electron chi connectivity index (χ1n) is 10.0. The largest absolute Gasteiger partial charge is 0.394 e. The second kappa shape index (κ2) is 13.4. The fraction of sp³-hybridized carbons (Fsp3) is 0.947. The maximum absolute atomic E-state index is 11.3. The predicted molar refractivity (Wildman–Crippen MR) is 98.5 cm³/mol. The van der Waals surface area contributed by atoms with Gasteiger partial charge in [-0.25, -0.2) is 0 Å². The number of aliphatic hydroxyl groups excluding tert-OH is 3. The molecule has 0 radical (unpaired) electrons. The molecular weight excluding hydrogens is 338 g/mol. The smallest absolute Gasteiger partial charge is 0.217 e. The molecule has 1 aliphatic rings. The van der Waals surface area contributed by atoms with Gasteiger partial charge in [-0.2, -0.15) is 0 Å². The number of aliphatic hydroxyl groups is 3. The molecular formula is C19H37NO6. The van der Waals surface area contributed by atoms with E-state index in [1.165, 1.54) is 45.4 Å². The molecule has 1 saturated heterocycles. The Labute approximate surface area is 157 Å². The third kappa shape index (κ3) is 8.31. The topological polar surface area (TPSA) is 108 Å². The molecule has 0 spiro atoms. The van der Waals surface area contributed by atoms with Gasteiger partial charge in [-0.15, -0.1) is 0 Å². The van der Waals surface area contributed by atoms with Crippen LogP contribution in [0.3, 0.4) is 0 Å². The second-order valence-corrected chi connectivity index (χ2v) is 7.13. The van der Waals surface area contributed by atoms with Gasteiger partial charge in [0.2, 0.25) is 5.91 Å². The SMILES string of the molecule is CCCCCCCCCCCO[C@H]1O[C@@H](CO)[C@@H](O)[C@@H](O)[C@H]1NC(C)=O. The normalized spacial score (nSPS) is 28.9. The summed E-state index contributed by atoms with van der Waals surface area (Å²) in [4.78, 5) is 11.3. The summed E-state index contributed by atoms with van der Waals surface area (Å²) in [5.41, 5.74) is 0. The van der Waals surface area contributed by atoms with Crippen molar-refractivity contribution in [2.75, 3.05) is 13.2 Å². The van der Waals surface area contributed by atoms with Gasteiger partial charge in [0.1, 0.15) is 24.4 Å². The van der Waals surface area contributed by atoms with Crippen LogP contribution in [0.5, 0.6) is 0 Å². The monoisotopic (exact) mass is 375 g/mol. The summed E-state index contributed by atoms with van der Waals surface area (Å²) < 4.78 is 11.2. The third-order valence-corrected chi connectivity index (χ3v) is 4.78. The minimum Gasteiger partial charge on any atom is -0.394 e. The van der Waals surface area contributed by atoms with Gasteiger partial charge >= 0.3 is 0 Å². The molecule has 1 fully saturated rings. The van der Waals surface area contributed by atoms with Crippen LogP contribution < -0.4 is 5.32 Å². The van der Waals surface area contributed by atoms with Gasteiger partial charge in [0.05, 0.1) is 6.61 Å². The van der Waals surface area contributed by atoms with Crippen molar-refractivity contribution >= 4 is 5.91 Å². The minimum absolute atomic E-state index is 0.344. The highest BCUT2D eigenvalue weighted by molar-refractivity contribution is 5.73. The molecule has 0 aliphatic carbocycles. The van der Waals surface area contributed by atoms with E-state index in [4.69, 9.17) is 9.47 Å². The third-order valence-electron chi connectivity index (χ3n) is 4.78. The zero-order chi connectivity index (χ0) is 19.4. The molecule has 7 heteroatoms. The summed E-state index contributed by atoms with van der Waals surface area (Å²) in [5.74, 6) is -0.344. The molecule has 0 aromatic heterocycles. The van der Waals surface area contributed by atoms with Crippen LogP contribution in [-0.2, 0) is 14.3 Å². The highest BCUT2D eigenvalue weighted by Crippen LogP contribution is 2.22. The van der Waals surface area contributed by atoms with Crippen LogP contribution in [0.2, 0.25) is 0 Å². The van der Waals surface area contributed by atoms with Crippen LogP contribution in [-0.4, -0.2) is 65.1 Å². The number of nitrogens with one attached hydrogen (secondary N) is 1. The number of ether oxygens (including phenoxy) is 2. The van der Waals surface area contributed by atoms with Crippen molar-refractivity contribution < 1.29 is 29.6 Å². The lowest BCUT2D eigenvalue weighted by Crippen LogP contribution is -2.64. The number of hydrogen-bond acceptors (Lipinski definition) is 6. The Hall–Kier alpha value is -0.730. The number of carbonyl (C=O) groups is 1. The zero-order valence-corrected chi connectivity index (χ0v) is 16.2. The molecule has 0 aromatic rings. The van der Waals surface area contributed by atoms with Crippen LogP contribution in [0.25, 0.3) is 0 Å². The Morgan fingerprint density at radius 2 is 1.58 bits per heavy atom. The van der Waals surface area contributed by atoms with Crippen molar-refractivity contribution in [1.29, 1.82) is 0 Å². The van der Waals surface area contributed by atoms with E-state index in [0.717, 1.165) is 19.3 Å². The van der Waals surface area contributed by atoms with Crippen molar-refractivity contribution in [2.24, 2.45) is 0 Å². The first kappa shape index (κ1) is 23.3. The van der Waals surface area contributed by atoms with Crippen LogP contribution in [0.4, 0.5) is 0 Å². The highest BCUT2D eigenvalue weighted by atomic mass is 16.7. The van der Waals surface area contributed by atoms with E-state index >= 15 is 0 Å². The first-order chi connectivity index (χ1) is 12.5. The molecule has 1 amide bonds. The van der Waals surface area contributed by atoms with E-state index in [1.807, 2.05) is 0 Å². The van der Waals surface area contributed by atoms with E-state index < -0.39 is 37.3 Å². The van der Waals surface area contributed by atoms with Crippen LogP contribution in [0, 0.1) is 0 Å². The molecule has 0 bridgehead atoms. The lowest BCUT2D eigenvalue weighted by molar-refractivity contribution is -0.270. The van der Waals surface area contributed by atoms with Crippen molar-refractivity contribution in [3.63, 3.8) is 0 Å². The van der Waals surface area contributed by atoms with Crippen LogP contribution >= 0.6 is 0 Å². The first-order valence-corrected chi connectivity index (χ1v) is 10.0. The quantitative estimate of drug-likeness (QED) is 0.363. The van der Waals surface area contributed by atoms with Crippen LogP contribution in [0.1, 0.15) is 71.6 Å². The summed E-state index contributed by atoms with van der Waals surface area (Å²) in [5, 5.41) is 32.0. The molecule has 1 rings (SSSR count). The number of amides is 1.